The maximum Gasteiger partial charge on any atom is 0.275 e. The van der Waals surface area contributed by atoms with Crippen LogP contribution in [0, 0.1) is 6.92 Å². The number of rotatable bonds is 6. The fourth-order valence-corrected chi connectivity index (χ4v) is 4.95. The van der Waals surface area contributed by atoms with Crippen molar-refractivity contribution >= 4 is 22.2 Å². The van der Waals surface area contributed by atoms with E-state index in [-0.39, 0.29) is 18.0 Å². The van der Waals surface area contributed by atoms with Crippen molar-refractivity contribution in [1.29, 1.82) is 0 Å². The van der Waals surface area contributed by atoms with Crippen molar-refractivity contribution < 1.29 is 4.79 Å². The predicted molar refractivity (Wildman–Crippen MR) is 134 cm³/mol. The second kappa shape index (κ2) is 9.41. The molecule has 1 N–H and O–H groups in total. The quantitative estimate of drug-likeness (QED) is 0.398. The molecule has 6 nitrogen and oxygen atoms in total. The van der Waals surface area contributed by atoms with E-state index in [0.717, 1.165) is 27.3 Å². The number of aromatic nitrogens is 3. The zero-order valence-electron chi connectivity index (χ0n) is 18.5. The summed E-state index contributed by atoms with van der Waals surface area (Å²) < 4.78 is 1.31. The van der Waals surface area contributed by atoms with Gasteiger partial charge in [0.15, 0.2) is 0 Å². The minimum absolute atomic E-state index is 0.149. The van der Waals surface area contributed by atoms with Crippen LogP contribution in [-0.2, 0) is 11.3 Å². The van der Waals surface area contributed by atoms with E-state index in [1.54, 1.807) is 0 Å². The zero-order chi connectivity index (χ0) is 23.5. The SMILES string of the molecule is Cc1ccccc1-c1nn2c(=O)cc(CNC(=O)C(c3ccccc3)c3ccccc3)nc2s1. The van der Waals surface area contributed by atoms with Crippen molar-refractivity contribution in [3.63, 3.8) is 0 Å². The first-order valence-corrected chi connectivity index (χ1v) is 11.8. The molecule has 0 radical (unpaired) electrons. The fourth-order valence-electron chi connectivity index (χ4n) is 3.93. The van der Waals surface area contributed by atoms with E-state index < -0.39 is 5.92 Å². The van der Waals surface area contributed by atoms with Crippen molar-refractivity contribution in [2.75, 3.05) is 0 Å². The summed E-state index contributed by atoms with van der Waals surface area (Å²) in [6.45, 7) is 2.16. The molecule has 0 saturated carbocycles. The lowest BCUT2D eigenvalue weighted by atomic mass is 9.90. The predicted octanol–water partition coefficient (Wildman–Crippen LogP) is 4.57. The molecule has 0 aliphatic heterocycles. The Balaban J connectivity index is 1.41. The lowest BCUT2D eigenvalue weighted by molar-refractivity contribution is -0.121. The highest BCUT2D eigenvalue weighted by Crippen LogP contribution is 2.27. The van der Waals surface area contributed by atoms with Gasteiger partial charge in [0, 0.05) is 11.6 Å². The van der Waals surface area contributed by atoms with Crippen molar-refractivity contribution in [1.82, 2.24) is 19.9 Å². The monoisotopic (exact) mass is 466 g/mol. The number of nitrogens with zero attached hydrogens (tertiary/aromatic N) is 3. The number of nitrogens with one attached hydrogen (secondary N) is 1. The van der Waals surface area contributed by atoms with E-state index in [4.69, 9.17) is 0 Å². The average Bonchev–Trinajstić information content (AvgIpc) is 3.29. The molecular formula is C27H22N4O2S. The summed E-state index contributed by atoms with van der Waals surface area (Å²) in [6, 6.07) is 28.6. The van der Waals surface area contributed by atoms with E-state index in [9.17, 15) is 9.59 Å². The molecule has 0 spiro atoms. The molecule has 5 rings (SSSR count). The zero-order valence-corrected chi connectivity index (χ0v) is 19.3. The van der Waals surface area contributed by atoms with Gasteiger partial charge < -0.3 is 5.32 Å². The summed E-state index contributed by atoms with van der Waals surface area (Å²) in [7, 11) is 0. The van der Waals surface area contributed by atoms with Gasteiger partial charge in [-0.1, -0.05) is 96.3 Å². The first kappa shape index (κ1) is 21.7. The molecule has 1 amide bonds. The molecule has 2 aromatic heterocycles. The average molecular weight is 467 g/mol. The van der Waals surface area contributed by atoms with Crippen LogP contribution in [0.15, 0.2) is 95.8 Å². The Hall–Kier alpha value is -4.10. The molecule has 34 heavy (non-hydrogen) atoms. The van der Waals surface area contributed by atoms with Gasteiger partial charge in [-0.05, 0) is 23.6 Å². The second-order valence-corrected chi connectivity index (χ2v) is 8.93. The largest absolute Gasteiger partial charge is 0.350 e. The molecule has 2 heterocycles. The summed E-state index contributed by atoms with van der Waals surface area (Å²) in [4.78, 5) is 31.1. The second-order valence-electron chi connectivity index (χ2n) is 7.97. The van der Waals surface area contributed by atoms with Gasteiger partial charge in [-0.25, -0.2) is 4.98 Å². The smallest absolute Gasteiger partial charge is 0.275 e. The standard InChI is InChI=1S/C27H22N4O2S/c1-18-10-8-9-15-22(18)26-30-31-23(32)16-21(29-27(31)34-26)17-28-25(33)24(19-11-4-2-5-12-19)20-13-6-3-7-14-20/h2-16,24H,17H2,1H3,(H,28,33). The van der Waals surface area contributed by atoms with Crippen molar-refractivity contribution in [2.45, 2.75) is 19.4 Å². The van der Waals surface area contributed by atoms with Crippen LogP contribution in [0.4, 0.5) is 0 Å². The van der Waals surface area contributed by atoms with Crippen molar-refractivity contribution in [3.8, 4) is 10.6 Å². The van der Waals surface area contributed by atoms with E-state index in [1.165, 1.54) is 21.9 Å². The third-order valence-electron chi connectivity index (χ3n) is 5.65. The van der Waals surface area contributed by atoms with Gasteiger partial charge in [0.05, 0.1) is 18.2 Å². The molecule has 0 aliphatic carbocycles. The first-order valence-electron chi connectivity index (χ1n) is 10.9. The maximum absolute atomic E-state index is 13.3. The summed E-state index contributed by atoms with van der Waals surface area (Å²) >= 11 is 1.36. The Bertz CT molecular complexity index is 1470. The lowest BCUT2D eigenvalue weighted by Gasteiger charge is -2.17. The van der Waals surface area contributed by atoms with Gasteiger partial charge in [0.1, 0.15) is 5.01 Å². The molecule has 0 saturated heterocycles. The topological polar surface area (TPSA) is 76.4 Å². The molecule has 0 atom stereocenters. The number of fused-ring (bicyclic) bond motifs is 1. The van der Waals surface area contributed by atoms with Gasteiger partial charge in [0.25, 0.3) is 5.56 Å². The number of carbonyl (C=O) groups is 1. The number of amides is 1. The van der Waals surface area contributed by atoms with Gasteiger partial charge in [-0.2, -0.15) is 9.61 Å². The molecule has 7 heteroatoms. The third-order valence-corrected chi connectivity index (χ3v) is 6.59. The fraction of sp³-hybridized carbons (Fsp3) is 0.111. The highest BCUT2D eigenvalue weighted by Gasteiger charge is 2.22. The van der Waals surface area contributed by atoms with E-state index in [1.807, 2.05) is 91.9 Å². The molecule has 0 bridgehead atoms. The number of hydrogen-bond donors (Lipinski definition) is 1. The summed E-state index contributed by atoms with van der Waals surface area (Å²) in [5.41, 5.74) is 4.09. The van der Waals surface area contributed by atoms with Crippen LogP contribution in [0.5, 0.6) is 0 Å². The molecular weight excluding hydrogens is 444 g/mol. The van der Waals surface area contributed by atoms with Gasteiger partial charge in [-0.15, -0.1) is 0 Å². The van der Waals surface area contributed by atoms with Crippen LogP contribution in [0.2, 0.25) is 0 Å². The van der Waals surface area contributed by atoms with Crippen molar-refractivity contribution in [2.24, 2.45) is 0 Å². The molecule has 0 aliphatic rings. The maximum atomic E-state index is 13.3. The van der Waals surface area contributed by atoms with Crippen LogP contribution in [0.3, 0.4) is 0 Å². The van der Waals surface area contributed by atoms with Crippen molar-refractivity contribution in [3.05, 3.63) is 124 Å². The van der Waals surface area contributed by atoms with E-state index >= 15 is 0 Å². The Morgan fingerprint density at radius 2 is 1.56 bits per heavy atom. The van der Waals surface area contributed by atoms with Crippen LogP contribution >= 0.6 is 11.3 Å². The first-order chi connectivity index (χ1) is 16.6. The molecule has 0 fully saturated rings. The highest BCUT2D eigenvalue weighted by atomic mass is 32.1. The number of hydrogen-bond acceptors (Lipinski definition) is 5. The summed E-state index contributed by atoms with van der Waals surface area (Å²) in [5, 5.41) is 8.16. The Kier molecular flexibility index (Phi) is 6.01. The lowest BCUT2D eigenvalue weighted by Crippen LogP contribution is -2.30. The summed E-state index contributed by atoms with van der Waals surface area (Å²) in [5.74, 6) is -0.604. The van der Waals surface area contributed by atoms with E-state index in [2.05, 4.69) is 15.4 Å². The Labute approximate surface area is 200 Å². The molecule has 3 aromatic carbocycles. The Morgan fingerprint density at radius 3 is 2.21 bits per heavy atom. The number of carbonyl (C=O) groups excluding carboxylic acids is 1. The minimum atomic E-state index is -0.455. The van der Waals surface area contributed by atoms with Gasteiger partial charge >= 0.3 is 0 Å². The minimum Gasteiger partial charge on any atom is -0.350 e. The van der Waals surface area contributed by atoms with Crippen LogP contribution in [0.25, 0.3) is 15.5 Å². The van der Waals surface area contributed by atoms with Crippen LogP contribution in [0.1, 0.15) is 28.3 Å². The molecule has 5 aromatic rings. The van der Waals surface area contributed by atoms with Crippen LogP contribution < -0.4 is 10.9 Å². The molecule has 168 valence electrons. The number of benzene rings is 3. The van der Waals surface area contributed by atoms with Crippen LogP contribution in [-0.4, -0.2) is 20.5 Å². The molecule has 0 unspecified atom stereocenters. The van der Waals surface area contributed by atoms with Gasteiger partial charge in [0.2, 0.25) is 10.9 Å². The highest BCUT2D eigenvalue weighted by molar-refractivity contribution is 7.19. The third kappa shape index (κ3) is 4.38. The van der Waals surface area contributed by atoms with E-state index in [0.29, 0.717) is 10.7 Å². The number of aryl methyl sites for hydroxylation is 1. The van der Waals surface area contributed by atoms with Gasteiger partial charge in [-0.3, -0.25) is 9.59 Å². The Morgan fingerprint density at radius 1 is 0.941 bits per heavy atom. The normalized spacial score (nSPS) is 11.1. The summed E-state index contributed by atoms with van der Waals surface area (Å²) in [6.07, 6.45) is 0.